The first kappa shape index (κ1) is 14.2. The molecular formula is C13H15BrClN3O. The SMILES string of the molecule is Cc1nn(C(C)C)c(Oc2ccc(Br)cc2Cl)c1N. The summed E-state index contributed by atoms with van der Waals surface area (Å²) in [6.45, 7) is 5.88. The Balaban J connectivity index is 2.43. The number of hydrogen-bond donors (Lipinski definition) is 1. The van der Waals surface area contributed by atoms with Crippen LogP contribution in [0, 0.1) is 6.92 Å². The van der Waals surface area contributed by atoms with Crippen molar-refractivity contribution in [1.29, 1.82) is 0 Å². The third kappa shape index (κ3) is 2.87. The van der Waals surface area contributed by atoms with Crippen molar-refractivity contribution in [2.45, 2.75) is 26.8 Å². The molecule has 0 atom stereocenters. The van der Waals surface area contributed by atoms with E-state index >= 15 is 0 Å². The third-order valence-electron chi connectivity index (χ3n) is 2.68. The van der Waals surface area contributed by atoms with Crippen LogP contribution in [-0.2, 0) is 0 Å². The van der Waals surface area contributed by atoms with Gasteiger partial charge in [0, 0.05) is 4.47 Å². The number of rotatable bonds is 3. The van der Waals surface area contributed by atoms with Gasteiger partial charge in [-0.15, -0.1) is 0 Å². The van der Waals surface area contributed by atoms with E-state index in [0.29, 0.717) is 22.3 Å². The summed E-state index contributed by atoms with van der Waals surface area (Å²) in [4.78, 5) is 0. The van der Waals surface area contributed by atoms with E-state index < -0.39 is 0 Å². The highest BCUT2D eigenvalue weighted by Gasteiger charge is 2.18. The van der Waals surface area contributed by atoms with Gasteiger partial charge in [0.2, 0.25) is 5.88 Å². The number of halogens is 2. The Hall–Kier alpha value is -1.20. The molecule has 0 fully saturated rings. The molecule has 0 radical (unpaired) electrons. The molecule has 0 saturated carbocycles. The van der Waals surface area contributed by atoms with Gasteiger partial charge in [0.25, 0.3) is 0 Å². The first-order chi connectivity index (χ1) is 8.90. The molecule has 19 heavy (non-hydrogen) atoms. The topological polar surface area (TPSA) is 53.1 Å². The number of nitrogen functional groups attached to an aromatic ring is 1. The van der Waals surface area contributed by atoms with E-state index in [1.54, 1.807) is 16.8 Å². The van der Waals surface area contributed by atoms with Gasteiger partial charge in [-0.3, -0.25) is 0 Å². The second kappa shape index (κ2) is 5.43. The fourth-order valence-electron chi connectivity index (χ4n) is 1.65. The molecular weight excluding hydrogens is 330 g/mol. The number of hydrogen-bond acceptors (Lipinski definition) is 3. The molecule has 0 unspecified atom stereocenters. The van der Waals surface area contributed by atoms with Gasteiger partial charge < -0.3 is 10.5 Å². The summed E-state index contributed by atoms with van der Waals surface area (Å²) in [5, 5.41) is 4.88. The van der Waals surface area contributed by atoms with Gasteiger partial charge in [-0.05, 0) is 39.0 Å². The standard InChI is InChI=1S/C13H15BrClN3O/c1-7(2)18-13(12(16)8(3)17-18)19-11-5-4-9(14)6-10(11)15/h4-7H,16H2,1-3H3. The van der Waals surface area contributed by atoms with Crippen LogP contribution in [-0.4, -0.2) is 9.78 Å². The molecule has 0 amide bonds. The average Bonchev–Trinajstić information content (AvgIpc) is 2.61. The highest BCUT2D eigenvalue weighted by Crippen LogP contribution is 2.36. The zero-order valence-electron chi connectivity index (χ0n) is 10.9. The zero-order chi connectivity index (χ0) is 14.2. The number of anilines is 1. The molecule has 0 saturated heterocycles. The first-order valence-electron chi connectivity index (χ1n) is 5.87. The predicted molar refractivity (Wildman–Crippen MR) is 81.0 cm³/mol. The molecule has 0 aliphatic rings. The Morgan fingerprint density at radius 1 is 1.42 bits per heavy atom. The summed E-state index contributed by atoms with van der Waals surface area (Å²) in [5.41, 5.74) is 7.29. The molecule has 4 nitrogen and oxygen atoms in total. The van der Waals surface area contributed by atoms with Gasteiger partial charge in [-0.1, -0.05) is 27.5 Å². The van der Waals surface area contributed by atoms with Crippen molar-refractivity contribution in [3.05, 3.63) is 33.4 Å². The fourth-order valence-corrected chi connectivity index (χ4v) is 2.36. The minimum Gasteiger partial charge on any atom is -0.436 e. The molecule has 2 N–H and O–H groups in total. The monoisotopic (exact) mass is 343 g/mol. The summed E-state index contributed by atoms with van der Waals surface area (Å²) in [5.74, 6) is 1.08. The lowest BCUT2D eigenvalue weighted by Crippen LogP contribution is -2.05. The van der Waals surface area contributed by atoms with E-state index in [1.165, 1.54) is 0 Å². The maximum Gasteiger partial charge on any atom is 0.241 e. The molecule has 0 bridgehead atoms. The van der Waals surface area contributed by atoms with Gasteiger partial charge in [0.05, 0.1) is 16.8 Å². The highest BCUT2D eigenvalue weighted by atomic mass is 79.9. The van der Waals surface area contributed by atoms with Crippen molar-refractivity contribution in [3.63, 3.8) is 0 Å². The van der Waals surface area contributed by atoms with Crippen molar-refractivity contribution in [1.82, 2.24) is 9.78 Å². The van der Waals surface area contributed by atoms with Crippen molar-refractivity contribution in [2.24, 2.45) is 0 Å². The molecule has 1 aromatic carbocycles. The summed E-state index contributed by atoms with van der Waals surface area (Å²) in [6.07, 6.45) is 0. The quantitative estimate of drug-likeness (QED) is 0.888. The van der Waals surface area contributed by atoms with Gasteiger partial charge in [-0.2, -0.15) is 5.10 Å². The van der Waals surface area contributed by atoms with Crippen LogP contribution >= 0.6 is 27.5 Å². The molecule has 102 valence electrons. The van der Waals surface area contributed by atoms with Gasteiger partial charge >= 0.3 is 0 Å². The summed E-state index contributed by atoms with van der Waals surface area (Å²) in [6, 6.07) is 5.58. The van der Waals surface area contributed by atoms with Crippen molar-refractivity contribution < 1.29 is 4.74 Å². The average molecular weight is 345 g/mol. The van der Waals surface area contributed by atoms with E-state index in [4.69, 9.17) is 22.1 Å². The van der Waals surface area contributed by atoms with E-state index in [9.17, 15) is 0 Å². The predicted octanol–water partition coefficient (Wildman–Crippen LogP) is 4.56. The Morgan fingerprint density at radius 2 is 2.11 bits per heavy atom. The molecule has 1 heterocycles. The van der Waals surface area contributed by atoms with Gasteiger partial charge in [0.15, 0.2) is 0 Å². The van der Waals surface area contributed by atoms with Crippen molar-refractivity contribution >= 4 is 33.2 Å². The lowest BCUT2D eigenvalue weighted by atomic mass is 10.3. The van der Waals surface area contributed by atoms with Crippen LogP contribution in [0.25, 0.3) is 0 Å². The summed E-state index contributed by atoms with van der Waals surface area (Å²) < 4.78 is 8.48. The van der Waals surface area contributed by atoms with Crippen molar-refractivity contribution in [3.8, 4) is 11.6 Å². The molecule has 2 rings (SSSR count). The second-order valence-corrected chi connectivity index (χ2v) is 5.84. The molecule has 0 aliphatic heterocycles. The largest absolute Gasteiger partial charge is 0.436 e. The molecule has 1 aromatic heterocycles. The number of nitrogens with two attached hydrogens (primary N) is 1. The zero-order valence-corrected chi connectivity index (χ0v) is 13.3. The van der Waals surface area contributed by atoms with E-state index in [0.717, 1.165) is 10.2 Å². The lowest BCUT2D eigenvalue weighted by molar-refractivity contribution is 0.390. The summed E-state index contributed by atoms with van der Waals surface area (Å²) in [7, 11) is 0. The van der Waals surface area contributed by atoms with Crippen molar-refractivity contribution in [2.75, 3.05) is 5.73 Å². The Morgan fingerprint density at radius 3 is 2.68 bits per heavy atom. The van der Waals surface area contributed by atoms with Crippen LogP contribution < -0.4 is 10.5 Å². The van der Waals surface area contributed by atoms with Gasteiger partial charge in [-0.25, -0.2) is 4.68 Å². The van der Waals surface area contributed by atoms with E-state index in [1.807, 2.05) is 26.8 Å². The molecule has 2 aromatic rings. The van der Waals surface area contributed by atoms with E-state index in [2.05, 4.69) is 21.0 Å². The first-order valence-corrected chi connectivity index (χ1v) is 7.04. The Kier molecular flexibility index (Phi) is 4.06. The smallest absolute Gasteiger partial charge is 0.241 e. The van der Waals surface area contributed by atoms with Crippen LogP contribution in [0.3, 0.4) is 0 Å². The van der Waals surface area contributed by atoms with Crippen LogP contribution in [0.15, 0.2) is 22.7 Å². The molecule has 6 heteroatoms. The van der Waals surface area contributed by atoms with E-state index in [-0.39, 0.29) is 6.04 Å². The maximum atomic E-state index is 6.14. The normalized spacial score (nSPS) is 11.1. The summed E-state index contributed by atoms with van der Waals surface area (Å²) >= 11 is 9.50. The highest BCUT2D eigenvalue weighted by molar-refractivity contribution is 9.10. The minimum absolute atomic E-state index is 0.153. The van der Waals surface area contributed by atoms with Gasteiger partial charge in [0.1, 0.15) is 11.4 Å². The Labute approximate surface area is 125 Å². The lowest BCUT2D eigenvalue weighted by Gasteiger charge is -2.13. The van der Waals surface area contributed by atoms with Crippen LogP contribution in [0.2, 0.25) is 5.02 Å². The van der Waals surface area contributed by atoms with Crippen LogP contribution in [0.4, 0.5) is 5.69 Å². The molecule has 0 aliphatic carbocycles. The second-order valence-electron chi connectivity index (χ2n) is 4.52. The number of aryl methyl sites for hydroxylation is 1. The minimum atomic E-state index is 0.153. The third-order valence-corrected chi connectivity index (χ3v) is 3.46. The number of nitrogens with zero attached hydrogens (tertiary/aromatic N) is 2. The number of ether oxygens (including phenoxy) is 1. The Bertz CT molecular complexity index is 610. The van der Waals surface area contributed by atoms with Crippen LogP contribution in [0.1, 0.15) is 25.6 Å². The number of benzene rings is 1. The van der Waals surface area contributed by atoms with Crippen LogP contribution in [0.5, 0.6) is 11.6 Å². The molecule has 0 spiro atoms. The maximum absolute atomic E-state index is 6.14. The number of aromatic nitrogens is 2. The fraction of sp³-hybridized carbons (Fsp3) is 0.308.